The van der Waals surface area contributed by atoms with Crippen LogP contribution in [0.3, 0.4) is 0 Å². The molecule has 0 atom stereocenters. The van der Waals surface area contributed by atoms with E-state index in [0.29, 0.717) is 0 Å². The minimum Gasteiger partial charge on any atom is -0.331 e. The highest BCUT2D eigenvalue weighted by molar-refractivity contribution is 5.45. The van der Waals surface area contributed by atoms with Crippen LogP contribution in [0.25, 0.3) is 0 Å². The van der Waals surface area contributed by atoms with E-state index in [1.54, 1.807) is 0 Å². The molecule has 0 amide bonds. The number of hydrogen-bond donors (Lipinski definition) is 0. The van der Waals surface area contributed by atoms with Crippen LogP contribution in [-0.4, -0.2) is 32.2 Å². The monoisotopic (exact) mass is 279 g/mol. The van der Waals surface area contributed by atoms with Crippen LogP contribution in [0, 0.1) is 11.3 Å². The maximum atomic E-state index is 10.0. The zero-order valence-electron chi connectivity index (χ0n) is 13.1. The summed E-state index contributed by atoms with van der Waals surface area (Å²) < 4.78 is 0.850. The Hall–Kier alpha value is -2.11. The highest BCUT2D eigenvalue weighted by Crippen LogP contribution is 2.35. The van der Waals surface area contributed by atoms with Crippen molar-refractivity contribution in [2.75, 3.05) is 27.7 Å². The van der Waals surface area contributed by atoms with E-state index in [9.17, 15) is 5.26 Å². The molecule has 0 spiro atoms. The molecule has 0 aromatic heterocycles. The standard InChI is InChI=1S/C19H23N2/c1-21(2,3)15-14-19(16-20,17-10-6-4-7-11-17)18-12-8-5-9-13-18/h4-13H,14-15H2,1-3H3/q+1. The zero-order chi connectivity index (χ0) is 15.3. The van der Waals surface area contributed by atoms with Gasteiger partial charge in [0.2, 0.25) is 0 Å². The third kappa shape index (κ3) is 3.51. The summed E-state index contributed by atoms with van der Waals surface area (Å²) in [6.45, 7) is 0.942. The van der Waals surface area contributed by atoms with Crippen LogP contribution in [0.5, 0.6) is 0 Å². The summed E-state index contributed by atoms with van der Waals surface area (Å²) in [5.41, 5.74) is 1.58. The predicted octanol–water partition coefficient (Wildman–Crippen LogP) is 3.59. The Morgan fingerprint density at radius 3 is 1.62 bits per heavy atom. The van der Waals surface area contributed by atoms with Gasteiger partial charge in [-0.15, -0.1) is 0 Å². The van der Waals surface area contributed by atoms with Gasteiger partial charge in [-0.25, -0.2) is 0 Å². The number of rotatable bonds is 5. The molecule has 0 radical (unpaired) electrons. The van der Waals surface area contributed by atoms with Crippen molar-refractivity contribution < 1.29 is 4.48 Å². The molecular formula is C19H23N2+. The molecule has 2 aromatic rings. The van der Waals surface area contributed by atoms with Crippen molar-refractivity contribution in [1.82, 2.24) is 0 Å². The van der Waals surface area contributed by atoms with Crippen molar-refractivity contribution in [3.05, 3.63) is 71.8 Å². The molecule has 2 heteroatoms. The lowest BCUT2D eigenvalue weighted by molar-refractivity contribution is -0.870. The van der Waals surface area contributed by atoms with E-state index >= 15 is 0 Å². The second-order valence-corrected chi connectivity index (χ2v) is 6.51. The molecule has 0 aliphatic carbocycles. The topological polar surface area (TPSA) is 23.8 Å². The van der Waals surface area contributed by atoms with E-state index in [1.165, 1.54) is 0 Å². The molecule has 21 heavy (non-hydrogen) atoms. The van der Waals surface area contributed by atoms with Crippen molar-refractivity contribution >= 4 is 0 Å². The Balaban J connectivity index is 2.50. The molecule has 0 aliphatic heterocycles. The first kappa shape index (κ1) is 15.3. The molecular weight excluding hydrogens is 256 g/mol. The van der Waals surface area contributed by atoms with Crippen LogP contribution in [-0.2, 0) is 5.41 Å². The van der Waals surface area contributed by atoms with Gasteiger partial charge in [-0.3, -0.25) is 0 Å². The highest BCUT2D eigenvalue weighted by atomic mass is 15.3. The second-order valence-electron chi connectivity index (χ2n) is 6.51. The number of nitriles is 1. The van der Waals surface area contributed by atoms with E-state index in [1.807, 2.05) is 36.4 Å². The fourth-order valence-corrected chi connectivity index (χ4v) is 2.59. The normalized spacial score (nSPS) is 11.9. The van der Waals surface area contributed by atoms with Crippen molar-refractivity contribution in [1.29, 1.82) is 5.26 Å². The lowest BCUT2D eigenvalue weighted by atomic mass is 9.73. The van der Waals surface area contributed by atoms with Gasteiger partial charge in [0.05, 0.1) is 33.8 Å². The molecule has 0 heterocycles. The van der Waals surface area contributed by atoms with Gasteiger partial charge in [0.1, 0.15) is 5.41 Å². The first-order valence-electron chi connectivity index (χ1n) is 7.31. The van der Waals surface area contributed by atoms with Crippen LogP contribution >= 0.6 is 0 Å². The minimum absolute atomic E-state index is 0.575. The third-order valence-corrected chi connectivity index (χ3v) is 3.88. The summed E-state index contributed by atoms with van der Waals surface area (Å²) >= 11 is 0. The average molecular weight is 279 g/mol. The first-order valence-corrected chi connectivity index (χ1v) is 7.31. The number of hydrogen-bond acceptors (Lipinski definition) is 1. The fourth-order valence-electron chi connectivity index (χ4n) is 2.59. The molecule has 0 saturated carbocycles. The Morgan fingerprint density at radius 1 is 0.857 bits per heavy atom. The minimum atomic E-state index is -0.575. The number of benzene rings is 2. The summed E-state index contributed by atoms with van der Waals surface area (Å²) in [6, 6.07) is 22.9. The van der Waals surface area contributed by atoms with Crippen LogP contribution < -0.4 is 0 Å². The summed E-state index contributed by atoms with van der Waals surface area (Å²) in [4.78, 5) is 0. The van der Waals surface area contributed by atoms with E-state index < -0.39 is 5.41 Å². The smallest absolute Gasteiger partial charge is 0.112 e. The second kappa shape index (κ2) is 6.11. The molecule has 0 N–H and O–H groups in total. The Kier molecular flexibility index (Phi) is 4.45. The third-order valence-electron chi connectivity index (χ3n) is 3.88. The summed E-state index contributed by atoms with van der Waals surface area (Å²) in [5.74, 6) is 0. The molecule has 2 nitrogen and oxygen atoms in total. The van der Waals surface area contributed by atoms with Gasteiger partial charge in [0.25, 0.3) is 0 Å². The van der Waals surface area contributed by atoms with Gasteiger partial charge >= 0.3 is 0 Å². The maximum Gasteiger partial charge on any atom is 0.112 e. The van der Waals surface area contributed by atoms with Crippen molar-refractivity contribution in [3.8, 4) is 6.07 Å². The van der Waals surface area contributed by atoms with Crippen LogP contribution in [0.1, 0.15) is 17.5 Å². The predicted molar refractivity (Wildman–Crippen MR) is 86.8 cm³/mol. The quantitative estimate of drug-likeness (QED) is 0.767. The lowest BCUT2D eigenvalue weighted by Gasteiger charge is -2.32. The molecule has 2 aromatic carbocycles. The maximum absolute atomic E-state index is 10.0. The molecule has 108 valence electrons. The number of quaternary nitrogens is 1. The summed E-state index contributed by atoms with van der Waals surface area (Å²) in [6.07, 6.45) is 0.807. The molecule has 0 aliphatic rings. The first-order chi connectivity index (χ1) is 9.98. The fraction of sp³-hybridized carbons (Fsp3) is 0.316. The van der Waals surface area contributed by atoms with Gasteiger partial charge in [0, 0.05) is 6.42 Å². The van der Waals surface area contributed by atoms with Gasteiger partial charge in [0.15, 0.2) is 0 Å². The zero-order valence-corrected chi connectivity index (χ0v) is 13.1. The SMILES string of the molecule is C[N+](C)(C)CCC(C#N)(c1ccccc1)c1ccccc1. The van der Waals surface area contributed by atoms with Gasteiger partial charge in [-0.2, -0.15) is 5.26 Å². The number of nitrogens with zero attached hydrogens (tertiary/aromatic N) is 2. The van der Waals surface area contributed by atoms with E-state index in [4.69, 9.17) is 0 Å². The van der Waals surface area contributed by atoms with Gasteiger partial charge < -0.3 is 4.48 Å². The lowest BCUT2D eigenvalue weighted by Crippen LogP contribution is -2.40. The largest absolute Gasteiger partial charge is 0.331 e. The molecule has 0 saturated heterocycles. The highest BCUT2D eigenvalue weighted by Gasteiger charge is 2.35. The van der Waals surface area contributed by atoms with Crippen LogP contribution in [0.4, 0.5) is 0 Å². The van der Waals surface area contributed by atoms with Crippen molar-refractivity contribution in [2.24, 2.45) is 0 Å². The Bertz CT molecular complexity index is 564. The van der Waals surface area contributed by atoms with Gasteiger partial charge in [-0.05, 0) is 11.1 Å². The molecule has 0 fully saturated rings. The Morgan fingerprint density at radius 2 is 1.29 bits per heavy atom. The van der Waals surface area contributed by atoms with E-state index in [2.05, 4.69) is 51.5 Å². The molecule has 2 rings (SSSR count). The summed E-state index contributed by atoms with van der Waals surface area (Å²) in [7, 11) is 6.49. The van der Waals surface area contributed by atoms with Crippen molar-refractivity contribution in [3.63, 3.8) is 0 Å². The van der Waals surface area contributed by atoms with Crippen LogP contribution in [0.15, 0.2) is 60.7 Å². The Labute approximate surface area is 127 Å². The van der Waals surface area contributed by atoms with E-state index in [0.717, 1.165) is 28.6 Å². The average Bonchev–Trinajstić information content (AvgIpc) is 2.49. The summed E-state index contributed by atoms with van der Waals surface area (Å²) in [5, 5.41) is 10.0. The molecule has 0 unspecified atom stereocenters. The van der Waals surface area contributed by atoms with E-state index in [-0.39, 0.29) is 0 Å². The van der Waals surface area contributed by atoms with Crippen molar-refractivity contribution in [2.45, 2.75) is 11.8 Å². The van der Waals surface area contributed by atoms with Gasteiger partial charge in [-0.1, -0.05) is 60.7 Å². The molecule has 0 bridgehead atoms. The van der Waals surface area contributed by atoms with Crippen LogP contribution in [0.2, 0.25) is 0 Å².